The van der Waals surface area contributed by atoms with Crippen LogP contribution in [0.2, 0.25) is 0 Å². The molecule has 1 unspecified atom stereocenters. The maximum atomic E-state index is 13.7. The summed E-state index contributed by atoms with van der Waals surface area (Å²) in [7, 11) is 3.29. The normalized spacial score (nSPS) is 16.6. The average Bonchev–Trinajstić information content (AvgIpc) is 3.09. The van der Waals surface area contributed by atoms with Crippen LogP contribution in [0, 0.1) is 5.82 Å². The molecule has 3 rings (SSSR count). The predicted octanol–water partition coefficient (Wildman–Crippen LogP) is 1.86. The Kier molecular flexibility index (Phi) is 7.76. The van der Waals surface area contributed by atoms with Crippen LogP contribution >= 0.6 is 24.0 Å². The van der Waals surface area contributed by atoms with Crippen LogP contribution in [0.1, 0.15) is 23.4 Å². The van der Waals surface area contributed by atoms with Crippen molar-refractivity contribution in [2.75, 3.05) is 14.2 Å². The number of halogens is 2. The fraction of sp³-hybridized carbons (Fsp3) is 0.471. The largest absolute Gasteiger partial charge is 0.380 e. The van der Waals surface area contributed by atoms with Gasteiger partial charge in [-0.05, 0) is 24.1 Å². The van der Waals surface area contributed by atoms with Gasteiger partial charge in [0.05, 0.1) is 13.2 Å². The highest BCUT2D eigenvalue weighted by atomic mass is 127. The second-order valence-electron chi connectivity index (χ2n) is 6.02. The molecular formula is C17H24FIN6O. The first-order chi connectivity index (χ1) is 12.2. The summed E-state index contributed by atoms with van der Waals surface area (Å²) in [6.45, 7) is 1.58. The van der Waals surface area contributed by atoms with E-state index in [0.717, 1.165) is 30.8 Å². The van der Waals surface area contributed by atoms with Crippen LogP contribution in [-0.2, 0) is 30.9 Å². The zero-order valence-electron chi connectivity index (χ0n) is 14.9. The molecule has 1 atom stereocenters. The number of rotatable bonds is 5. The summed E-state index contributed by atoms with van der Waals surface area (Å²) >= 11 is 0. The van der Waals surface area contributed by atoms with Crippen molar-refractivity contribution < 1.29 is 9.13 Å². The third-order valence-electron chi connectivity index (χ3n) is 4.24. The van der Waals surface area contributed by atoms with E-state index in [9.17, 15) is 4.39 Å². The molecule has 0 bridgehead atoms. The van der Waals surface area contributed by atoms with Crippen LogP contribution in [0.3, 0.4) is 0 Å². The van der Waals surface area contributed by atoms with E-state index >= 15 is 0 Å². The van der Waals surface area contributed by atoms with Crippen molar-refractivity contribution in [2.24, 2.45) is 4.99 Å². The monoisotopic (exact) mass is 474 g/mol. The fourth-order valence-electron chi connectivity index (χ4n) is 2.93. The molecule has 0 saturated heterocycles. The van der Waals surface area contributed by atoms with Gasteiger partial charge in [0.25, 0.3) is 0 Å². The molecule has 26 heavy (non-hydrogen) atoms. The number of aliphatic imine (C=N–C) groups is 1. The first-order valence-electron chi connectivity index (χ1n) is 8.29. The Balaban J connectivity index is 0.00000243. The number of aromatic nitrogens is 3. The number of hydrogen-bond donors (Lipinski definition) is 2. The number of benzene rings is 1. The summed E-state index contributed by atoms with van der Waals surface area (Å²) in [6, 6.07) is 5.28. The Labute approximate surface area is 169 Å². The molecule has 0 radical (unpaired) electrons. The SMILES string of the molecule is CN=C(NCc1ccc(F)c(COC)c1)NC1CCc2ncnn2C1.I. The third kappa shape index (κ3) is 5.13. The molecule has 1 aliphatic rings. The maximum absolute atomic E-state index is 13.7. The van der Waals surface area contributed by atoms with E-state index in [4.69, 9.17) is 4.74 Å². The van der Waals surface area contributed by atoms with Crippen molar-refractivity contribution in [2.45, 2.75) is 38.6 Å². The molecule has 0 aliphatic carbocycles. The van der Waals surface area contributed by atoms with Crippen LogP contribution in [0.15, 0.2) is 29.5 Å². The molecule has 0 spiro atoms. The van der Waals surface area contributed by atoms with Gasteiger partial charge in [-0.15, -0.1) is 24.0 Å². The van der Waals surface area contributed by atoms with E-state index in [-0.39, 0.29) is 42.4 Å². The molecule has 0 fully saturated rings. The van der Waals surface area contributed by atoms with Crippen LogP contribution in [0.5, 0.6) is 0 Å². The van der Waals surface area contributed by atoms with Gasteiger partial charge >= 0.3 is 0 Å². The lowest BCUT2D eigenvalue weighted by molar-refractivity contribution is 0.181. The number of aryl methyl sites for hydroxylation is 1. The third-order valence-corrected chi connectivity index (χ3v) is 4.24. The van der Waals surface area contributed by atoms with Gasteiger partial charge in [-0.1, -0.05) is 6.07 Å². The van der Waals surface area contributed by atoms with E-state index in [2.05, 4.69) is 25.7 Å². The number of fused-ring (bicyclic) bond motifs is 1. The van der Waals surface area contributed by atoms with Gasteiger partial charge in [0.15, 0.2) is 5.96 Å². The lowest BCUT2D eigenvalue weighted by atomic mass is 10.1. The van der Waals surface area contributed by atoms with Gasteiger partial charge in [0.1, 0.15) is 18.0 Å². The average molecular weight is 474 g/mol. The van der Waals surface area contributed by atoms with Gasteiger partial charge in [-0.25, -0.2) is 14.1 Å². The van der Waals surface area contributed by atoms with Crippen molar-refractivity contribution in [3.05, 3.63) is 47.3 Å². The molecule has 7 nitrogen and oxygen atoms in total. The van der Waals surface area contributed by atoms with E-state index in [1.54, 1.807) is 32.6 Å². The predicted molar refractivity (Wildman–Crippen MR) is 108 cm³/mol. The van der Waals surface area contributed by atoms with Crippen LogP contribution in [-0.4, -0.2) is 40.9 Å². The Morgan fingerprint density at radius 2 is 2.31 bits per heavy atom. The summed E-state index contributed by atoms with van der Waals surface area (Å²) in [5, 5.41) is 10.9. The zero-order chi connectivity index (χ0) is 17.6. The lowest BCUT2D eigenvalue weighted by Crippen LogP contribution is -2.46. The van der Waals surface area contributed by atoms with Crippen molar-refractivity contribution >= 4 is 29.9 Å². The smallest absolute Gasteiger partial charge is 0.191 e. The molecule has 2 heterocycles. The molecule has 0 saturated carbocycles. The number of guanidine groups is 1. The van der Waals surface area contributed by atoms with Gasteiger partial charge in [-0.3, -0.25) is 4.99 Å². The van der Waals surface area contributed by atoms with Gasteiger partial charge in [0, 0.05) is 38.7 Å². The van der Waals surface area contributed by atoms with Crippen molar-refractivity contribution in [3.63, 3.8) is 0 Å². The van der Waals surface area contributed by atoms with E-state index < -0.39 is 0 Å². The molecule has 9 heteroatoms. The minimum Gasteiger partial charge on any atom is -0.380 e. The van der Waals surface area contributed by atoms with Crippen molar-refractivity contribution in [1.29, 1.82) is 0 Å². The summed E-state index contributed by atoms with van der Waals surface area (Å²) in [6.07, 6.45) is 3.47. The Hall–Kier alpha value is -1.75. The van der Waals surface area contributed by atoms with E-state index in [1.165, 1.54) is 6.07 Å². The Morgan fingerprint density at radius 1 is 1.46 bits per heavy atom. The molecule has 1 aromatic carbocycles. The lowest BCUT2D eigenvalue weighted by Gasteiger charge is -2.25. The topological polar surface area (TPSA) is 76.4 Å². The molecule has 1 aliphatic heterocycles. The van der Waals surface area contributed by atoms with Crippen molar-refractivity contribution in [3.8, 4) is 0 Å². The van der Waals surface area contributed by atoms with Crippen LogP contribution in [0.4, 0.5) is 4.39 Å². The summed E-state index contributed by atoms with van der Waals surface area (Å²) in [4.78, 5) is 8.50. The van der Waals surface area contributed by atoms with Gasteiger partial charge in [0.2, 0.25) is 0 Å². The van der Waals surface area contributed by atoms with Gasteiger partial charge in [-0.2, -0.15) is 5.10 Å². The second kappa shape index (κ2) is 9.81. The van der Waals surface area contributed by atoms with E-state index in [0.29, 0.717) is 18.1 Å². The quantitative estimate of drug-likeness (QED) is 0.393. The summed E-state index contributed by atoms with van der Waals surface area (Å²) in [5.74, 6) is 1.49. The molecular weight excluding hydrogens is 450 g/mol. The Bertz CT molecular complexity index is 751. The van der Waals surface area contributed by atoms with Crippen molar-refractivity contribution in [1.82, 2.24) is 25.4 Å². The highest BCUT2D eigenvalue weighted by Gasteiger charge is 2.20. The number of ether oxygens (including phenoxy) is 1. The highest BCUT2D eigenvalue weighted by Crippen LogP contribution is 2.13. The molecule has 0 amide bonds. The summed E-state index contributed by atoms with van der Waals surface area (Å²) in [5.41, 5.74) is 1.52. The molecule has 1 aromatic heterocycles. The molecule has 2 N–H and O–H groups in total. The fourth-order valence-corrected chi connectivity index (χ4v) is 2.93. The highest BCUT2D eigenvalue weighted by molar-refractivity contribution is 14.0. The number of hydrogen-bond acceptors (Lipinski definition) is 4. The second-order valence-corrected chi connectivity index (χ2v) is 6.02. The number of nitrogens with zero attached hydrogens (tertiary/aromatic N) is 4. The van der Waals surface area contributed by atoms with Gasteiger partial charge < -0.3 is 15.4 Å². The zero-order valence-corrected chi connectivity index (χ0v) is 17.2. The van der Waals surface area contributed by atoms with Crippen LogP contribution in [0.25, 0.3) is 0 Å². The minimum absolute atomic E-state index is 0. The van der Waals surface area contributed by atoms with Crippen LogP contribution < -0.4 is 10.6 Å². The Morgan fingerprint density at radius 3 is 3.08 bits per heavy atom. The van der Waals surface area contributed by atoms with E-state index in [1.807, 2.05) is 4.68 Å². The standard InChI is InChI=1S/C17H23FN6O.HI/c1-19-17(23-14-4-6-16-21-11-22-24(16)9-14)20-8-12-3-5-15(18)13(7-12)10-25-2;/h3,5,7,11,14H,4,6,8-10H2,1-2H3,(H2,19,20,23);1H. The maximum Gasteiger partial charge on any atom is 0.191 e. The minimum atomic E-state index is -0.251. The first-order valence-corrected chi connectivity index (χ1v) is 8.29. The first kappa shape index (κ1) is 20.6. The number of methoxy groups -OCH3 is 1. The molecule has 142 valence electrons. The molecule has 2 aromatic rings. The number of nitrogens with one attached hydrogen (secondary N) is 2. The summed E-state index contributed by atoms with van der Waals surface area (Å²) < 4.78 is 20.6.